The Bertz CT molecular complexity index is 1610. The molecular formula is C31H25F9N3NaO3. The van der Waals surface area contributed by atoms with E-state index in [1.165, 1.54) is 6.07 Å². The number of nitrogens with zero attached hydrogens (tertiary/aromatic N) is 3. The Morgan fingerprint density at radius 1 is 0.745 bits per heavy atom. The zero-order valence-corrected chi connectivity index (χ0v) is 23.5. The van der Waals surface area contributed by atoms with Crippen LogP contribution in [0.2, 0.25) is 0 Å². The zero-order chi connectivity index (χ0) is 33.7. The van der Waals surface area contributed by atoms with E-state index in [-0.39, 0.29) is 72.3 Å². The number of carbonyl (C=O) groups is 1. The Morgan fingerprint density at radius 3 is 1.85 bits per heavy atom. The molecule has 4 rings (SSSR count). The number of carboxylic acid groups (broad SMARTS) is 1. The molecule has 0 saturated carbocycles. The summed E-state index contributed by atoms with van der Waals surface area (Å²) in [5.41, 5.74) is -3.71. The number of alkyl halides is 9. The molecule has 4 aromatic rings. The Kier molecular flexibility index (Phi) is 12.3. The maximum absolute atomic E-state index is 13.7. The number of anilines is 1. The van der Waals surface area contributed by atoms with Crippen LogP contribution < -0.4 is 9.64 Å². The Balaban J connectivity index is 0.00000600. The van der Waals surface area contributed by atoms with Crippen LogP contribution in [0.4, 0.5) is 45.5 Å². The van der Waals surface area contributed by atoms with Gasteiger partial charge in [-0.3, -0.25) is 4.79 Å². The van der Waals surface area contributed by atoms with Gasteiger partial charge in [0.05, 0.1) is 35.7 Å². The molecule has 0 saturated heterocycles. The van der Waals surface area contributed by atoms with Crippen molar-refractivity contribution in [1.82, 2.24) is 9.97 Å². The van der Waals surface area contributed by atoms with Crippen molar-refractivity contribution in [2.24, 2.45) is 0 Å². The van der Waals surface area contributed by atoms with Gasteiger partial charge in [0.15, 0.2) is 5.75 Å². The molecule has 0 radical (unpaired) electrons. The molecule has 0 fully saturated rings. The van der Waals surface area contributed by atoms with Gasteiger partial charge in [-0.1, -0.05) is 36.4 Å². The fraction of sp³-hybridized carbons (Fsp3) is 0.258. The average Bonchev–Trinajstić information content (AvgIpc) is 2.98. The molecule has 16 heteroatoms. The molecule has 1 N–H and O–H groups in total. The standard InChI is InChI=1S/C31H24F9N3O3.Na.H/c32-29(33,34)22-8-9-26(20-5-2-1-3-6-20)21(13-22)18-43(28-41-15-25(16-42-28)46-10-4-7-27(44)45)17-19-11-23(30(35,36)37)14-24(12-19)31(38,39)40;;/h1-3,5-6,8-9,11-16H,4,7,10,17-18H2,(H,44,45);;. The first-order chi connectivity index (χ1) is 21.5. The van der Waals surface area contributed by atoms with Gasteiger partial charge in [0.2, 0.25) is 5.95 Å². The van der Waals surface area contributed by atoms with E-state index in [1.807, 2.05) is 0 Å². The first-order valence-electron chi connectivity index (χ1n) is 13.5. The summed E-state index contributed by atoms with van der Waals surface area (Å²) < 4.78 is 128. The van der Waals surface area contributed by atoms with Crippen molar-refractivity contribution in [1.29, 1.82) is 0 Å². The van der Waals surface area contributed by atoms with Crippen molar-refractivity contribution in [3.8, 4) is 16.9 Å². The van der Waals surface area contributed by atoms with Gasteiger partial charge < -0.3 is 14.7 Å². The third kappa shape index (κ3) is 10.6. The van der Waals surface area contributed by atoms with E-state index in [0.717, 1.165) is 29.4 Å². The molecule has 1 heterocycles. The van der Waals surface area contributed by atoms with Crippen molar-refractivity contribution in [3.63, 3.8) is 0 Å². The fourth-order valence-electron chi connectivity index (χ4n) is 4.49. The van der Waals surface area contributed by atoms with Crippen molar-refractivity contribution >= 4 is 41.5 Å². The van der Waals surface area contributed by atoms with E-state index in [2.05, 4.69) is 9.97 Å². The quantitative estimate of drug-likeness (QED) is 0.0983. The van der Waals surface area contributed by atoms with E-state index >= 15 is 0 Å². The second-order valence-corrected chi connectivity index (χ2v) is 10.1. The van der Waals surface area contributed by atoms with E-state index in [9.17, 15) is 44.3 Å². The van der Waals surface area contributed by atoms with Crippen LogP contribution in [0.15, 0.2) is 79.1 Å². The molecule has 0 spiro atoms. The summed E-state index contributed by atoms with van der Waals surface area (Å²) in [6.07, 6.45) is -12.7. The fourth-order valence-corrected chi connectivity index (χ4v) is 4.49. The minimum atomic E-state index is -5.13. The van der Waals surface area contributed by atoms with E-state index in [1.54, 1.807) is 30.3 Å². The van der Waals surface area contributed by atoms with Crippen LogP contribution in [0.5, 0.6) is 5.75 Å². The maximum atomic E-state index is 13.7. The van der Waals surface area contributed by atoms with Crippen LogP contribution in [0, 0.1) is 0 Å². The van der Waals surface area contributed by atoms with Crippen LogP contribution >= 0.6 is 0 Å². The van der Waals surface area contributed by atoms with Gasteiger partial charge in [0.25, 0.3) is 0 Å². The predicted molar refractivity (Wildman–Crippen MR) is 155 cm³/mol. The number of aliphatic carboxylic acids is 1. The van der Waals surface area contributed by atoms with Gasteiger partial charge in [-0.2, -0.15) is 39.5 Å². The monoisotopic (exact) mass is 681 g/mol. The first kappa shape index (κ1) is 37.6. The predicted octanol–water partition coefficient (Wildman–Crippen LogP) is 8.00. The van der Waals surface area contributed by atoms with Crippen molar-refractivity contribution in [3.05, 3.63) is 107 Å². The number of halogens is 9. The number of hydrogen-bond donors (Lipinski definition) is 1. The van der Waals surface area contributed by atoms with Gasteiger partial charge in [-0.25, -0.2) is 9.97 Å². The summed E-state index contributed by atoms with van der Waals surface area (Å²) in [6, 6.07) is 12.2. The van der Waals surface area contributed by atoms with Crippen LogP contribution in [0.1, 0.15) is 40.7 Å². The van der Waals surface area contributed by atoms with Crippen LogP contribution in [-0.2, 0) is 36.4 Å². The molecule has 0 aliphatic carbocycles. The van der Waals surface area contributed by atoms with Crippen molar-refractivity contribution in [2.75, 3.05) is 11.5 Å². The summed E-state index contributed by atoms with van der Waals surface area (Å²) in [7, 11) is 0. The molecule has 0 aliphatic rings. The molecular weight excluding hydrogens is 656 g/mol. The third-order valence-corrected chi connectivity index (χ3v) is 6.60. The first-order valence-corrected chi connectivity index (χ1v) is 13.5. The summed E-state index contributed by atoms with van der Waals surface area (Å²) in [6.45, 7) is -1.13. The molecule has 246 valence electrons. The van der Waals surface area contributed by atoms with Crippen LogP contribution in [0.25, 0.3) is 11.1 Å². The molecule has 0 unspecified atom stereocenters. The van der Waals surface area contributed by atoms with Crippen molar-refractivity contribution in [2.45, 2.75) is 44.5 Å². The Labute approximate surface area is 284 Å². The number of rotatable bonds is 11. The number of hydrogen-bond acceptors (Lipinski definition) is 5. The summed E-state index contributed by atoms with van der Waals surface area (Å²) >= 11 is 0. The molecule has 6 nitrogen and oxygen atoms in total. The van der Waals surface area contributed by atoms with E-state index in [0.29, 0.717) is 23.3 Å². The van der Waals surface area contributed by atoms with Gasteiger partial charge in [0, 0.05) is 19.5 Å². The number of benzene rings is 3. The van der Waals surface area contributed by atoms with Crippen LogP contribution in [0.3, 0.4) is 0 Å². The normalized spacial score (nSPS) is 11.9. The number of aromatic nitrogens is 2. The number of ether oxygens (including phenoxy) is 1. The molecule has 3 aromatic carbocycles. The molecule has 0 aliphatic heterocycles. The molecule has 1 aromatic heterocycles. The van der Waals surface area contributed by atoms with Gasteiger partial charge >= 0.3 is 54.1 Å². The zero-order valence-electron chi connectivity index (χ0n) is 23.5. The second-order valence-electron chi connectivity index (χ2n) is 10.1. The number of carboxylic acids is 1. The van der Waals surface area contributed by atoms with Crippen LogP contribution in [-0.4, -0.2) is 57.2 Å². The SMILES string of the molecule is O=C(O)CCCOc1cnc(N(Cc2cc(C(F)(F)F)cc(C(F)(F)F)c2)Cc2cc(C(F)(F)F)ccc2-c2ccccc2)nc1.[NaH]. The molecule has 0 bridgehead atoms. The molecule has 0 amide bonds. The topological polar surface area (TPSA) is 75.6 Å². The molecule has 47 heavy (non-hydrogen) atoms. The summed E-state index contributed by atoms with van der Waals surface area (Å²) in [5.74, 6) is -1.20. The summed E-state index contributed by atoms with van der Waals surface area (Å²) in [5, 5.41) is 8.75. The third-order valence-electron chi connectivity index (χ3n) is 6.60. The Hall–Kier alpha value is -3.82. The summed E-state index contributed by atoms with van der Waals surface area (Å²) in [4.78, 5) is 20.1. The Morgan fingerprint density at radius 2 is 1.32 bits per heavy atom. The van der Waals surface area contributed by atoms with E-state index in [4.69, 9.17) is 9.84 Å². The minimum absolute atomic E-state index is 0. The van der Waals surface area contributed by atoms with Gasteiger partial charge in [-0.05, 0) is 59.0 Å². The van der Waals surface area contributed by atoms with Gasteiger partial charge in [-0.15, -0.1) is 0 Å². The van der Waals surface area contributed by atoms with Crippen molar-refractivity contribution < 1.29 is 54.2 Å². The van der Waals surface area contributed by atoms with Gasteiger partial charge in [0.1, 0.15) is 0 Å². The average molecular weight is 682 g/mol. The van der Waals surface area contributed by atoms with E-state index < -0.39 is 59.8 Å². The molecule has 0 atom stereocenters. The second kappa shape index (κ2) is 15.4.